The Bertz CT molecular complexity index is 302. The van der Waals surface area contributed by atoms with Gasteiger partial charge in [-0.05, 0) is 6.07 Å². The Kier molecular flexibility index (Phi) is 2.75. The molecular formula is C10H10O2. The first-order valence-electron chi connectivity index (χ1n) is 3.86. The summed E-state index contributed by atoms with van der Waals surface area (Å²) in [6, 6.07) is 6.73. The summed E-state index contributed by atoms with van der Waals surface area (Å²) in [5.41, 5.74) is 1.16. The predicted molar refractivity (Wildman–Crippen MR) is 46.5 cm³/mol. The zero-order valence-corrected chi connectivity index (χ0v) is 6.91. The second-order valence-corrected chi connectivity index (χ2v) is 2.52. The van der Waals surface area contributed by atoms with Gasteiger partial charge in [-0.15, -0.1) is 0 Å². The van der Waals surface area contributed by atoms with Gasteiger partial charge in [0.25, 0.3) is 0 Å². The highest BCUT2D eigenvalue weighted by Crippen LogP contribution is 2.05. The van der Waals surface area contributed by atoms with E-state index in [-0.39, 0.29) is 5.78 Å². The van der Waals surface area contributed by atoms with Gasteiger partial charge in [0, 0.05) is 17.5 Å². The minimum atomic E-state index is 0.0682. The number of ketones is 1. The normalized spacial score (nSPS) is 9.42. The summed E-state index contributed by atoms with van der Waals surface area (Å²) in [5, 5.41) is 0. The number of hydrogen-bond acceptors (Lipinski definition) is 2. The van der Waals surface area contributed by atoms with Crippen LogP contribution in [0.3, 0.4) is 0 Å². The van der Waals surface area contributed by atoms with Crippen molar-refractivity contribution in [3.63, 3.8) is 0 Å². The second kappa shape index (κ2) is 3.81. The average molecular weight is 162 g/mol. The lowest BCUT2D eigenvalue weighted by Gasteiger charge is -1.97. The SMILES string of the molecule is CCC(=O)c1cccc(C=O)c1. The van der Waals surface area contributed by atoms with Crippen LogP contribution < -0.4 is 0 Å². The molecule has 0 N–H and O–H groups in total. The van der Waals surface area contributed by atoms with Crippen LogP contribution in [0.15, 0.2) is 24.3 Å². The van der Waals surface area contributed by atoms with Gasteiger partial charge in [-0.2, -0.15) is 0 Å². The molecule has 0 saturated heterocycles. The van der Waals surface area contributed by atoms with Gasteiger partial charge < -0.3 is 0 Å². The maximum atomic E-state index is 11.2. The Morgan fingerprint density at radius 1 is 1.50 bits per heavy atom. The van der Waals surface area contributed by atoms with E-state index in [1.807, 2.05) is 0 Å². The van der Waals surface area contributed by atoms with Crippen LogP contribution in [0.5, 0.6) is 0 Å². The van der Waals surface area contributed by atoms with Crippen molar-refractivity contribution in [2.75, 3.05) is 0 Å². The number of aldehydes is 1. The molecule has 0 heterocycles. The number of Topliss-reactive ketones (excluding diaryl/α,β-unsaturated/α-hetero) is 1. The molecule has 0 aromatic heterocycles. The van der Waals surface area contributed by atoms with E-state index in [2.05, 4.69) is 0 Å². The van der Waals surface area contributed by atoms with Gasteiger partial charge >= 0.3 is 0 Å². The summed E-state index contributed by atoms with van der Waals surface area (Å²) < 4.78 is 0. The molecule has 2 nitrogen and oxygen atoms in total. The molecule has 0 atom stereocenters. The van der Waals surface area contributed by atoms with Crippen molar-refractivity contribution in [2.45, 2.75) is 13.3 Å². The quantitative estimate of drug-likeness (QED) is 0.503. The molecule has 0 bridgehead atoms. The van der Waals surface area contributed by atoms with Gasteiger partial charge in [0.05, 0.1) is 0 Å². The van der Waals surface area contributed by atoms with Crippen molar-refractivity contribution in [3.05, 3.63) is 35.4 Å². The molecule has 12 heavy (non-hydrogen) atoms. The number of hydrogen-bond donors (Lipinski definition) is 0. The molecule has 2 heteroatoms. The topological polar surface area (TPSA) is 34.1 Å². The van der Waals surface area contributed by atoms with Crippen LogP contribution in [0.2, 0.25) is 0 Å². The third kappa shape index (κ3) is 1.78. The summed E-state index contributed by atoms with van der Waals surface area (Å²) in [4.78, 5) is 21.5. The van der Waals surface area contributed by atoms with Gasteiger partial charge in [-0.1, -0.05) is 25.1 Å². The zero-order chi connectivity index (χ0) is 8.97. The van der Waals surface area contributed by atoms with E-state index in [0.717, 1.165) is 6.29 Å². The van der Waals surface area contributed by atoms with Crippen molar-refractivity contribution in [1.82, 2.24) is 0 Å². The Labute approximate surface area is 71.2 Å². The molecule has 62 valence electrons. The van der Waals surface area contributed by atoms with Gasteiger partial charge in [-0.25, -0.2) is 0 Å². The van der Waals surface area contributed by atoms with E-state index in [9.17, 15) is 9.59 Å². The number of rotatable bonds is 3. The van der Waals surface area contributed by atoms with E-state index in [1.54, 1.807) is 31.2 Å². The van der Waals surface area contributed by atoms with Gasteiger partial charge in [0.2, 0.25) is 0 Å². The van der Waals surface area contributed by atoms with Crippen molar-refractivity contribution >= 4 is 12.1 Å². The Morgan fingerprint density at radius 3 is 2.83 bits per heavy atom. The van der Waals surface area contributed by atoms with Crippen LogP contribution in [-0.4, -0.2) is 12.1 Å². The predicted octanol–water partition coefficient (Wildman–Crippen LogP) is 2.09. The maximum Gasteiger partial charge on any atom is 0.162 e. The van der Waals surface area contributed by atoms with Crippen molar-refractivity contribution < 1.29 is 9.59 Å². The van der Waals surface area contributed by atoms with Gasteiger partial charge in [-0.3, -0.25) is 9.59 Å². The lowest BCUT2D eigenvalue weighted by molar-refractivity contribution is 0.0988. The minimum absolute atomic E-state index is 0.0682. The first-order valence-corrected chi connectivity index (χ1v) is 3.86. The van der Waals surface area contributed by atoms with Crippen molar-refractivity contribution in [3.8, 4) is 0 Å². The fraction of sp³-hybridized carbons (Fsp3) is 0.200. The number of carbonyl (C=O) groups is 2. The molecule has 0 fully saturated rings. The lowest BCUT2D eigenvalue weighted by Crippen LogP contribution is -1.96. The van der Waals surface area contributed by atoms with Crippen LogP contribution in [0.4, 0.5) is 0 Å². The molecule has 0 spiro atoms. The number of benzene rings is 1. The van der Waals surface area contributed by atoms with E-state index in [1.165, 1.54) is 0 Å². The van der Waals surface area contributed by atoms with Crippen molar-refractivity contribution in [1.29, 1.82) is 0 Å². The molecule has 0 radical (unpaired) electrons. The third-order valence-electron chi connectivity index (χ3n) is 1.67. The smallest absolute Gasteiger partial charge is 0.162 e. The van der Waals surface area contributed by atoms with E-state index in [0.29, 0.717) is 17.5 Å². The fourth-order valence-electron chi connectivity index (χ4n) is 0.990. The Hall–Kier alpha value is -1.44. The molecule has 1 rings (SSSR count). The Morgan fingerprint density at radius 2 is 2.25 bits per heavy atom. The third-order valence-corrected chi connectivity index (χ3v) is 1.67. The van der Waals surface area contributed by atoms with E-state index < -0.39 is 0 Å². The monoisotopic (exact) mass is 162 g/mol. The average Bonchev–Trinajstić information content (AvgIpc) is 2.17. The molecule has 0 aliphatic carbocycles. The lowest BCUT2D eigenvalue weighted by atomic mass is 10.1. The molecule has 1 aromatic rings. The molecule has 0 amide bonds. The minimum Gasteiger partial charge on any atom is -0.298 e. The summed E-state index contributed by atoms with van der Waals surface area (Å²) in [7, 11) is 0. The first-order chi connectivity index (χ1) is 5.77. The van der Waals surface area contributed by atoms with Gasteiger partial charge in [0.15, 0.2) is 5.78 Å². The largest absolute Gasteiger partial charge is 0.298 e. The highest BCUT2D eigenvalue weighted by Gasteiger charge is 2.02. The summed E-state index contributed by atoms with van der Waals surface area (Å²) >= 11 is 0. The Balaban J connectivity index is 3.01. The number of carbonyl (C=O) groups excluding carboxylic acids is 2. The molecule has 1 aromatic carbocycles. The van der Waals surface area contributed by atoms with Crippen LogP contribution in [0, 0.1) is 0 Å². The summed E-state index contributed by atoms with van der Waals surface area (Å²) in [6.45, 7) is 1.80. The molecular weight excluding hydrogens is 152 g/mol. The van der Waals surface area contributed by atoms with Crippen LogP contribution in [0.1, 0.15) is 34.1 Å². The van der Waals surface area contributed by atoms with Crippen LogP contribution >= 0.6 is 0 Å². The molecule has 0 aliphatic rings. The highest BCUT2D eigenvalue weighted by atomic mass is 16.1. The summed E-state index contributed by atoms with van der Waals surface area (Å²) in [5.74, 6) is 0.0682. The van der Waals surface area contributed by atoms with Crippen molar-refractivity contribution in [2.24, 2.45) is 0 Å². The molecule has 0 saturated carbocycles. The maximum absolute atomic E-state index is 11.2. The van der Waals surface area contributed by atoms with Crippen LogP contribution in [-0.2, 0) is 0 Å². The van der Waals surface area contributed by atoms with Gasteiger partial charge in [0.1, 0.15) is 6.29 Å². The van der Waals surface area contributed by atoms with Crippen LogP contribution in [0.25, 0.3) is 0 Å². The zero-order valence-electron chi connectivity index (χ0n) is 6.91. The summed E-state index contributed by atoms with van der Waals surface area (Å²) in [6.07, 6.45) is 1.22. The molecule has 0 aliphatic heterocycles. The first kappa shape index (κ1) is 8.65. The standard InChI is InChI=1S/C10H10O2/c1-2-10(12)9-5-3-4-8(6-9)7-11/h3-7H,2H2,1H3. The highest BCUT2D eigenvalue weighted by molar-refractivity contribution is 5.97. The second-order valence-electron chi connectivity index (χ2n) is 2.52. The van der Waals surface area contributed by atoms with E-state index >= 15 is 0 Å². The fourth-order valence-corrected chi connectivity index (χ4v) is 0.990. The molecule has 0 unspecified atom stereocenters. The van der Waals surface area contributed by atoms with E-state index in [4.69, 9.17) is 0 Å².